The zero-order valence-corrected chi connectivity index (χ0v) is 13.4. The van der Waals surface area contributed by atoms with Gasteiger partial charge in [-0.25, -0.2) is 12.8 Å². The van der Waals surface area contributed by atoms with Gasteiger partial charge in [0.2, 0.25) is 0 Å². The highest BCUT2D eigenvalue weighted by Gasteiger charge is 2.36. The van der Waals surface area contributed by atoms with Gasteiger partial charge in [0.25, 0.3) is 10.0 Å². The Morgan fingerprint density at radius 3 is 2.52 bits per heavy atom. The molecule has 1 fully saturated rings. The summed E-state index contributed by atoms with van der Waals surface area (Å²) in [5.74, 6) is -0.323. The molecule has 1 aliphatic heterocycles. The van der Waals surface area contributed by atoms with Gasteiger partial charge in [0.15, 0.2) is 0 Å². The maximum Gasteiger partial charge on any atom is 0.253 e. The molecular weight excluding hydrogens is 333 g/mol. The van der Waals surface area contributed by atoms with Crippen molar-refractivity contribution in [3.63, 3.8) is 0 Å². The van der Waals surface area contributed by atoms with Crippen molar-refractivity contribution in [1.29, 1.82) is 0 Å². The van der Waals surface area contributed by atoms with Crippen LogP contribution in [0.4, 0.5) is 4.39 Å². The van der Waals surface area contributed by atoms with Crippen molar-refractivity contribution >= 4 is 33.0 Å². The minimum atomic E-state index is -3.55. The third-order valence-corrected chi connectivity index (χ3v) is 7.18. The van der Waals surface area contributed by atoms with Gasteiger partial charge in [-0.15, -0.1) is 11.3 Å². The fourth-order valence-electron chi connectivity index (χ4n) is 2.60. The molecular formula is C14H13ClFNO2S2. The molecule has 21 heavy (non-hydrogen) atoms. The van der Waals surface area contributed by atoms with Gasteiger partial charge in [0.05, 0.1) is 10.4 Å². The van der Waals surface area contributed by atoms with Crippen molar-refractivity contribution in [3.8, 4) is 0 Å². The van der Waals surface area contributed by atoms with Gasteiger partial charge in [0.1, 0.15) is 10.0 Å². The number of hydrogen-bond donors (Lipinski definition) is 0. The van der Waals surface area contributed by atoms with Crippen LogP contribution in [0.2, 0.25) is 4.34 Å². The summed E-state index contributed by atoms with van der Waals surface area (Å²) in [4.78, 5) is 0. The maximum atomic E-state index is 13.0. The maximum absolute atomic E-state index is 13.0. The quantitative estimate of drug-likeness (QED) is 0.841. The lowest BCUT2D eigenvalue weighted by molar-refractivity contribution is 0.397. The van der Waals surface area contributed by atoms with Crippen LogP contribution < -0.4 is 0 Å². The van der Waals surface area contributed by atoms with E-state index in [1.54, 1.807) is 18.2 Å². The predicted octanol–water partition coefficient (Wildman–Crippen LogP) is 4.07. The molecule has 1 aliphatic rings. The molecule has 0 unspecified atom stereocenters. The topological polar surface area (TPSA) is 37.4 Å². The molecule has 0 N–H and O–H groups in total. The Kier molecular flexibility index (Phi) is 4.05. The van der Waals surface area contributed by atoms with Crippen LogP contribution in [0.3, 0.4) is 0 Å². The second kappa shape index (κ2) is 5.68. The van der Waals surface area contributed by atoms with E-state index in [9.17, 15) is 12.8 Å². The monoisotopic (exact) mass is 345 g/mol. The molecule has 2 heterocycles. The van der Waals surface area contributed by atoms with Gasteiger partial charge >= 0.3 is 0 Å². The normalized spacial score (nSPS) is 20.0. The lowest BCUT2D eigenvalue weighted by atomic mass is 10.1. The van der Waals surface area contributed by atoms with Crippen molar-refractivity contribution in [3.05, 3.63) is 52.1 Å². The number of halogens is 2. The highest BCUT2D eigenvalue weighted by atomic mass is 35.5. The largest absolute Gasteiger partial charge is 0.253 e. The van der Waals surface area contributed by atoms with Crippen molar-refractivity contribution in [2.24, 2.45) is 0 Å². The highest BCUT2D eigenvalue weighted by Crippen LogP contribution is 2.38. The van der Waals surface area contributed by atoms with Crippen LogP contribution in [0.5, 0.6) is 0 Å². The number of hydrogen-bond acceptors (Lipinski definition) is 3. The second-order valence-electron chi connectivity index (χ2n) is 4.88. The second-order valence-corrected chi connectivity index (χ2v) is 8.72. The van der Waals surface area contributed by atoms with Gasteiger partial charge in [-0.3, -0.25) is 0 Å². The Balaban J connectivity index is 1.95. The van der Waals surface area contributed by atoms with E-state index >= 15 is 0 Å². The summed E-state index contributed by atoms with van der Waals surface area (Å²) < 4.78 is 40.6. The summed E-state index contributed by atoms with van der Waals surface area (Å²) in [7, 11) is -3.55. The SMILES string of the molecule is O=S(=O)(c1ccc(Cl)s1)N1CCC[C@H]1c1ccc(F)cc1. The molecule has 0 spiro atoms. The van der Waals surface area contributed by atoms with E-state index in [1.807, 2.05) is 0 Å². The van der Waals surface area contributed by atoms with Crippen molar-refractivity contribution in [2.45, 2.75) is 23.1 Å². The standard InChI is InChI=1S/C14H13ClFNO2S2/c15-13-7-8-14(20-13)21(18,19)17-9-1-2-12(17)10-3-5-11(16)6-4-10/h3-8,12H,1-2,9H2/t12-/m0/s1. The smallest absolute Gasteiger partial charge is 0.207 e. The van der Waals surface area contributed by atoms with Crippen LogP contribution >= 0.6 is 22.9 Å². The highest BCUT2D eigenvalue weighted by molar-refractivity contribution is 7.91. The summed E-state index contributed by atoms with van der Waals surface area (Å²) in [6, 6.07) is 8.90. The molecule has 0 saturated carbocycles. The molecule has 0 aliphatic carbocycles. The molecule has 3 nitrogen and oxygen atoms in total. The Hall–Kier alpha value is -0.950. The Morgan fingerprint density at radius 2 is 1.90 bits per heavy atom. The summed E-state index contributed by atoms with van der Waals surface area (Å²) in [6.45, 7) is 0.472. The first-order valence-electron chi connectivity index (χ1n) is 6.51. The summed E-state index contributed by atoms with van der Waals surface area (Å²) in [6.07, 6.45) is 1.53. The van der Waals surface area contributed by atoms with Gasteiger partial charge in [-0.1, -0.05) is 23.7 Å². The lowest BCUT2D eigenvalue weighted by Crippen LogP contribution is -2.30. The van der Waals surface area contributed by atoms with Crippen LogP contribution in [0.15, 0.2) is 40.6 Å². The molecule has 0 bridgehead atoms. The molecule has 0 radical (unpaired) electrons. The molecule has 1 aromatic heterocycles. The van der Waals surface area contributed by atoms with Gasteiger partial charge in [0, 0.05) is 6.54 Å². The molecule has 2 aromatic rings. The van der Waals surface area contributed by atoms with Crippen LogP contribution in [-0.4, -0.2) is 19.3 Å². The van der Waals surface area contributed by atoms with E-state index in [0.29, 0.717) is 10.9 Å². The summed E-state index contributed by atoms with van der Waals surface area (Å²) in [5, 5.41) is 0. The molecule has 1 saturated heterocycles. The van der Waals surface area contributed by atoms with Crippen molar-refractivity contribution in [1.82, 2.24) is 4.31 Å². The van der Waals surface area contributed by atoms with E-state index in [4.69, 9.17) is 11.6 Å². The fourth-order valence-corrected chi connectivity index (χ4v) is 5.89. The van der Waals surface area contributed by atoms with E-state index < -0.39 is 10.0 Å². The fraction of sp³-hybridized carbons (Fsp3) is 0.286. The minimum Gasteiger partial charge on any atom is -0.207 e. The van der Waals surface area contributed by atoms with Crippen LogP contribution in [-0.2, 0) is 10.0 Å². The number of benzene rings is 1. The molecule has 7 heteroatoms. The van der Waals surface area contributed by atoms with Crippen molar-refractivity contribution in [2.75, 3.05) is 6.54 Å². The average Bonchev–Trinajstić information content (AvgIpc) is 3.08. The van der Waals surface area contributed by atoms with E-state index in [1.165, 1.54) is 22.5 Å². The first kappa shape index (κ1) is 15.0. The Morgan fingerprint density at radius 1 is 1.19 bits per heavy atom. The van der Waals surface area contributed by atoms with Gasteiger partial charge in [-0.05, 0) is 42.7 Å². The Labute approximate surface area is 132 Å². The molecule has 3 rings (SSSR count). The predicted molar refractivity (Wildman–Crippen MR) is 81.6 cm³/mol. The van der Waals surface area contributed by atoms with Gasteiger partial charge in [-0.2, -0.15) is 4.31 Å². The third kappa shape index (κ3) is 2.85. The first-order chi connectivity index (χ1) is 9.98. The van der Waals surface area contributed by atoms with Crippen LogP contribution in [0.25, 0.3) is 0 Å². The first-order valence-corrected chi connectivity index (χ1v) is 9.14. The zero-order valence-electron chi connectivity index (χ0n) is 11.0. The lowest BCUT2D eigenvalue weighted by Gasteiger charge is -2.23. The molecule has 1 aromatic carbocycles. The van der Waals surface area contributed by atoms with Crippen molar-refractivity contribution < 1.29 is 12.8 Å². The number of sulfonamides is 1. The van der Waals surface area contributed by atoms with Crippen LogP contribution in [0, 0.1) is 5.82 Å². The number of nitrogens with zero attached hydrogens (tertiary/aromatic N) is 1. The van der Waals surface area contributed by atoms with E-state index in [2.05, 4.69) is 0 Å². The van der Waals surface area contributed by atoms with E-state index in [-0.39, 0.29) is 16.1 Å². The molecule has 112 valence electrons. The Bertz CT molecular complexity index is 743. The third-order valence-electron chi connectivity index (χ3n) is 3.57. The minimum absolute atomic E-state index is 0.239. The molecule has 1 atom stereocenters. The number of thiophene rings is 1. The van der Waals surface area contributed by atoms with E-state index in [0.717, 1.165) is 29.7 Å². The van der Waals surface area contributed by atoms with Gasteiger partial charge < -0.3 is 0 Å². The average molecular weight is 346 g/mol. The number of rotatable bonds is 3. The molecule has 0 amide bonds. The zero-order chi connectivity index (χ0) is 15.0. The summed E-state index contributed by atoms with van der Waals surface area (Å²) in [5.41, 5.74) is 0.820. The summed E-state index contributed by atoms with van der Waals surface area (Å²) >= 11 is 6.89. The van der Waals surface area contributed by atoms with Crippen LogP contribution in [0.1, 0.15) is 24.4 Å².